The van der Waals surface area contributed by atoms with E-state index in [-0.39, 0.29) is 42.8 Å². The zero-order valence-electron chi connectivity index (χ0n) is 14.8. The predicted octanol–water partition coefficient (Wildman–Crippen LogP) is 2.83. The van der Waals surface area contributed by atoms with Crippen molar-refractivity contribution in [3.8, 4) is 0 Å². The third-order valence-corrected chi connectivity index (χ3v) is 5.05. The van der Waals surface area contributed by atoms with E-state index in [1.807, 2.05) is 0 Å². The first kappa shape index (κ1) is 23.0. The molecular formula is C17H35Cl2N3O. The first-order chi connectivity index (χ1) is 9.94. The van der Waals surface area contributed by atoms with Gasteiger partial charge in [-0.15, -0.1) is 24.8 Å². The zero-order valence-corrected chi connectivity index (χ0v) is 16.4. The zero-order chi connectivity index (χ0) is 15.4. The van der Waals surface area contributed by atoms with Crippen molar-refractivity contribution in [3.05, 3.63) is 0 Å². The first-order valence-corrected chi connectivity index (χ1v) is 8.71. The Morgan fingerprint density at radius 2 is 1.83 bits per heavy atom. The van der Waals surface area contributed by atoms with Crippen LogP contribution in [0.2, 0.25) is 0 Å². The fourth-order valence-electron chi connectivity index (χ4n) is 4.26. The van der Waals surface area contributed by atoms with Crippen LogP contribution in [0.4, 0.5) is 0 Å². The van der Waals surface area contributed by atoms with E-state index in [4.69, 9.17) is 5.73 Å². The Hall–Kier alpha value is -0.0300. The van der Waals surface area contributed by atoms with Gasteiger partial charge >= 0.3 is 0 Å². The highest BCUT2D eigenvalue weighted by Gasteiger charge is 2.27. The Labute approximate surface area is 154 Å². The average molecular weight is 368 g/mol. The van der Waals surface area contributed by atoms with Crippen LogP contribution < -0.4 is 11.1 Å². The van der Waals surface area contributed by atoms with Gasteiger partial charge < -0.3 is 16.0 Å². The number of halogens is 2. The summed E-state index contributed by atoms with van der Waals surface area (Å²) in [4.78, 5) is 14.6. The van der Waals surface area contributed by atoms with Crippen LogP contribution >= 0.6 is 24.8 Å². The van der Waals surface area contributed by atoms with E-state index in [1.54, 1.807) is 0 Å². The molecule has 1 saturated heterocycles. The maximum Gasteiger partial charge on any atom is 0.220 e. The van der Waals surface area contributed by atoms with Crippen molar-refractivity contribution in [2.45, 2.75) is 65.0 Å². The van der Waals surface area contributed by atoms with E-state index in [0.717, 1.165) is 44.3 Å². The largest absolute Gasteiger partial charge is 0.352 e. The summed E-state index contributed by atoms with van der Waals surface area (Å²) in [5.41, 5.74) is 6.05. The minimum Gasteiger partial charge on any atom is -0.352 e. The summed E-state index contributed by atoms with van der Waals surface area (Å²) in [6.45, 7) is 10.1. The maximum atomic E-state index is 12.1. The lowest BCUT2D eigenvalue weighted by atomic mass is 9.91. The summed E-state index contributed by atoms with van der Waals surface area (Å²) in [5.74, 6) is 2.12. The summed E-state index contributed by atoms with van der Waals surface area (Å²) >= 11 is 0. The lowest BCUT2D eigenvalue weighted by Gasteiger charge is -2.36. The average Bonchev–Trinajstić information content (AvgIpc) is 2.73. The van der Waals surface area contributed by atoms with E-state index < -0.39 is 0 Å². The van der Waals surface area contributed by atoms with Crippen LogP contribution in [0.3, 0.4) is 0 Å². The molecule has 1 amide bonds. The monoisotopic (exact) mass is 367 g/mol. The van der Waals surface area contributed by atoms with Crippen LogP contribution in [-0.4, -0.2) is 42.5 Å². The van der Waals surface area contributed by atoms with Gasteiger partial charge in [0.2, 0.25) is 5.91 Å². The number of hydrogen-bond acceptors (Lipinski definition) is 3. The fraction of sp³-hybridized carbons (Fsp3) is 0.941. The second kappa shape index (κ2) is 10.8. The van der Waals surface area contributed by atoms with Gasteiger partial charge in [-0.1, -0.05) is 20.3 Å². The normalized spacial score (nSPS) is 32.5. The molecule has 5 atom stereocenters. The third kappa shape index (κ3) is 7.59. The molecule has 0 spiro atoms. The van der Waals surface area contributed by atoms with E-state index in [9.17, 15) is 4.79 Å². The number of amides is 1. The van der Waals surface area contributed by atoms with Gasteiger partial charge in [-0.25, -0.2) is 0 Å². The van der Waals surface area contributed by atoms with E-state index in [1.165, 1.54) is 12.8 Å². The molecule has 2 fully saturated rings. The molecule has 138 valence electrons. The molecule has 0 aromatic carbocycles. The highest BCUT2D eigenvalue weighted by atomic mass is 35.5. The molecular weight excluding hydrogens is 333 g/mol. The summed E-state index contributed by atoms with van der Waals surface area (Å²) in [5, 5.41) is 3.17. The lowest BCUT2D eigenvalue weighted by Crippen LogP contribution is -2.47. The Morgan fingerprint density at radius 1 is 1.22 bits per heavy atom. The topological polar surface area (TPSA) is 58.4 Å². The molecule has 2 rings (SSSR count). The Bertz CT molecular complexity index is 347. The van der Waals surface area contributed by atoms with Gasteiger partial charge in [-0.3, -0.25) is 4.79 Å². The number of hydrogen-bond donors (Lipinski definition) is 2. The minimum absolute atomic E-state index is 0. The molecule has 1 heterocycles. The molecule has 2 aliphatic rings. The smallest absolute Gasteiger partial charge is 0.220 e. The SMILES string of the molecule is CC1CC(C)CN(CC(C)NC(=O)C[C@@H]2CCC[C@H]2N)C1.Cl.Cl. The third-order valence-electron chi connectivity index (χ3n) is 5.05. The van der Waals surface area contributed by atoms with Crippen molar-refractivity contribution in [2.24, 2.45) is 23.5 Å². The van der Waals surface area contributed by atoms with Gasteiger partial charge in [0.25, 0.3) is 0 Å². The second-order valence-corrected chi connectivity index (χ2v) is 7.69. The van der Waals surface area contributed by atoms with Crippen molar-refractivity contribution >= 4 is 30.7 Å². The molecule has 3 unspecified atom stereocenters. The van der Waals surface area contributed by atoms with Crippen LogP contribution in [-0.2, 0) is 4.79 Å². The van der Waals surface area contributed by atoms with Gasteiger partial charge in [0.05, 0.1) is 0 Å². The Kier molecular flexibility index (Phi) is 10.7. The number of rotatable bonds is 5. The molecule has 0 radical (unpaired) electrons. The van der Waals surface area contributed by atoms with Crippen LogP contribution in [0.15, 0.2) is 0 Å². The number of nitrogens with zero attached hydrogens (tertiary/aromatic N) is 1. The molecule has 4 nitrogen and oxygen atoms in total. The Balaban J connectivity index is 0.00000242. The molecule has 0 bridgehead atoms. The summed E-state index contributed by atoms with van der Waals surface area (Å²) in [6.07, 6.45) is 5.31. The molecule has 1 aliphatic heterocycles. The van der Waals surface area contributed by atoms with Crippen LogP contribution in [0.25, 0.3) is 0 Å². The lowest BCUT2D eigenvalue weighted by molar-refractivity contribution is -0.122. The van der Waals surface area contributed by atoms with E-state index in [0.29, 0.717) is 12.3 Å². The van der Waals surface area contributed by atoms with Crippen LogP contribution in [0, 0.1) is 17.8 Å². The quantitative estimate of drug-likeness (QED) is 0.785. The number of likely N-dealkylation sites (tertiary alicyclic amines) is 1. The molecule has 1 saturated carbocycles. The summed E-state index contributed by atoms with van der Waals surface area (Å²) in [7, 11) is 0. The van der Waals surface area contributed by atoms with Crippen molar-refractivity contribution < 1.29 is 4.79 Å². The van der Waals surface area contributed by atoms with Gasteiger partial charge in [0.1, 0.15) is 0 Å². The molecule has 0 aromatic heterocycles. The van der Waals surface area contributed by atoms with Crippen LogP contribution in [0.5, 0.6) is 0 Å². The van der Waals surface area contributed by atoms with Gasteiger partial charge in [0.15, 0.2) is 0 Å². The number of carbonyl (C=O) groups excluding carboxylic acids is 1. The first-order valence-electron chi connectivity index (χ1n) is 8.71. The predicted molar refractivity (Wildman–Crippen MR) is 101 cm³/mol. The number of piperidine rings is 1. The van der Waals surface area contributed by atoms with Crippen molar-refractivity contribution in [2.75, 3.05) is 19.6 Å². The fourth-order valence-corrected chi connectivity index (χ4v) is 4.26. The molecule has 6 heteroatoms. The second-order valence-electron chi connectivity index (χ2n) is 7.69. The molecule has 3 N–H and O–H groups in total. The van der Waals surface area contributed by atoms with E-state index >= 15 is 0 Å². The summed E-state index contributed by atoms with van der Waals surface area (Å²) in [6, 6.07) is 0.461. The van der Waals surface area contributed by atoms with Crippen molar-refractivity contribution in [1.29, 1.82) is 0 Å². The highest BCUT2D eigenvalue weighted by Crippen LogP contribution is 2.26. The van der Waals surface area contributed by atoms with E-state index in [2.05, 4.69) is 31.0 Å². The highest BCUT2D eigenvalue weighted by molar-refractivity contribution is 5.85. The standard InChI is InChI=1S/C17H33N3O.2ClH/c1-12-7-13(2)10-20(9-12)11-14(3)19-17(21)8-15-5-4-6-16(15)18;;/h12-16H,4-11,18H2,1-3H3,(H,19,21);2*1H/t12?,13?,14?,15-,16+;;/m0../s1. The van der Waals surface area contributed by atoms with Gasteiger partial charge in [-0.2, -0.15) is 0 Å². The van der Waals surface area contributed by atoms with Crippen molar-refractivity contribution in [1.82, 2.24) is 10.2 Å². The maximum absolute atomic E-state index is 12.1. The number of carbonyl (C=O) groups is 1. The Morgan fingerprint density at radius 3 is 2.35 bits per heavy atom. The number of nitrogens with two attached hydrogens (primary N) is 1. The minimum atomic E-state index is 0. The number of nitrogens with one attached hydrogen (secondary N) is 1. The molecule has 23 heavy (non-hydrogen) atoms. The van der Waals surface area contributed by atoms with Gasteiger partial charge in [-0.05, 0) is 43.9 Å². The molecule has 1 aliphatic carbocycles. The van der Waals surface area contributed by atoms with Crippen LogP contribution in [0.1, 0.15) is 52.9 Å². The van der Waals surface area contributed by atoms with Gasteiger partial charge in [0, 0.05) is 38.1 Å². The summed E-state index contributed by atoms with van der Waals surface area (Å²) < 4.78 is 0. The van der Waals surface area contributed by atoms with Crippen molar-refractivity contribution in [3.63, 3.8) is 0 Å². The molecule has 0 aromatic rings.